The molecule has 1 saturated heterocycles. The third-order valence-electron chi connectivity index (χ3n) is 4.33. The van der Waals surface area contributed by atoms with Crippen LogP contribution in [-0.4, -0.2) is 29.7 Å². The fraction of sp³-hybridized carbons (Fsp3) is 0.375. The number of fused-ring (bicyclic) bond motifs is 2. The molecule has 4 rings (SSSR count). The Balaban J connectivity index is 1.68. The fourth-order valence-corrected chi connectivity index (χ4v) is 3.38. The summed E-state index contributed by atoms with van der Waals surface area (Å²) in [6, 6.07) is 10.5. The Hall–Kier alpha value is -1.94. The SMILES string of the molecule is c1cnc(N2CCO[C@@]3(CCc4ccccc43)C2)nc1. The van der Waals surface area contributed by atoms with Crippen molar-refractivity contribution in [2.75, 3.05) is 24.6 Å². The first-order chi connectivity index (χ1) is 9.87. The summed E-state index contributed by atoms with van der Waals surface area (Å²) in [5, 5.41) is 0. The van der Waals surface area contributed by atoms with Crippen molar-refractivity contribution in [3.05, 3.63) is 53.9 Å². The van der Waals surface area contributed by atoms with Crippen molar-refractivity contribution in [2.45, 2.75) is 18.4 Å². The fourth-order valence-electron chi connectivity index (χ4n) is 3.38. The highest BCUT2D eigenvalue weighted by Crippen LogP contribution is 2.42. The summed E-state index contributed by atoms with van der Waals surface area (Å²) in [7, 11) is 0. The number of hydrogen-bond donors (Lipinski definition) is 0. The van der Waals surface area contributed by atoms with Gasteiger partial charge < -0.3 is 9.64 Å². The third kappa shape index (κ3) is 1.79. The van der Waals surface area contributed by atoms with Crippen molar-refractivity contribution in [1.29, 1.82) is 0 Å². The van der Waals surface area contributed by atoms with E-state index in [2.05, 4.69) is 39.1 Å². The van der Waals surface area contributed by atoms with Crippen LogP contribution >= 0.6 is 0 Å². The molecular weight excluding hydrogens is 250 g/mol. The molecule has 1 atom stereocenters. The molecule has 0 saturated carbocycles. The maximum atomic E-state index is 6.21. The highest BCUT2D eigenvalue weighted by atomic mass is 16.5. The normalized spacial score (nSPS) is 24.9. The van der Waals surface area contributed by atoms with Gasteiger partial charge >= 0.3 is 0 Å². The molecule has 1 aromatic carbocycles. The lowest BCUT2D eigenvalue weighted by Crippen LogP contribution is -2.49. The van der Waals surface area contributed by atoms with E-state index < -0.39 is 0 Å². The van der Waals surface area contributed by atoms with Gasteiger partial charge in [0.1, 0.15) is 5.60 Å². The molecule has 4 nitrogen and oxygen atoms in total. The van der Waals surface area contributed by atoms with E-state index in [1.807, 2.05) is 6.07 Å². The molecule has 2 aromatic rings. The number of aryl methyl sites for hydroxylation is 1. The lowest BCUT2D eigenvalue weighted by atomic mass is 9.94. The zero-order chi connectivity index (χ0) is 13.4. The molecular formula is C16H17N3O. The first-order valence-electron chi connectivity index (χ1n) is 7.12. The number of ether oxygens (including phenoxy) is 1. The minimum Gasteiger partial charge on any atom is -0.367 e. The van der Waals surface area contributed by atoms with Crippen LogP contribution in [0.15, 0.2) is 42.7 Å². The second-order valence-electron chi connectivity index (χ2n) is 5.47. The Labute approximate surface area is 118 Å². The van der Waals surface area contributed by atoms with Gasteiger partial charge in [-0.1, -0.05) is 24.3 Å². The summed E-state index contributed by atoms with van der Waals surface area (Å²) in [4.78, 5) is 11.0. The van der Waals surface area contributed by atoms with Gasteiger partial charge in [-0.2, -0.15) is 0 Å². The number of anilines is 1. The first kappa shape index (κ1) is 11.9. The maximum Gasteiger partial charge on any atom is 0.225 e. The van der Waals surface area contributed by atoms with Gasteiger partial charge in [0.15, 0.2) is 0 Å². The molecule has 1 fully saturated rings. The standard InChI is InChI=1S/C16H17N3O/c1-2-5-14-13(4-1)6-7-16(14)12-19(10-11-20-16)15-17-8-3-9-18-15/h1-5,8-9H,6-7,10-12H2/t16-/m0/s1. The average molecular weight is 267 g/mol. The molecule has 1 aliphatic carbocycles. The molecule has 102 valence electrons. The summed E-state index contributed by atoms with van der Waals surface area (Å²) in [6.45, 7) is 2.43. The van der Waals surface area contributed by atoms with E-state index >= 15 is 0 Å². The Kier molecular flexibility index (Phi) is 2.70. The molecule has 0 N–H and O–H groups in total. The topological polar surface area (TPSA) is 38.2 Å². The summed E-state index contributed by atoms with van der Waals surface area (Å²) >= 11 is 0. The van der Waals surface area contributed by atoms with Gasteiger partial charge in [-0.25, -0.2) is 9.97 Å². The lowest BCUT2D eigenvalue weighted by Gasteiger charge is -2.41. The quantitative estimate of drug-likeness (QED) is 0.793. The molecule has 0 unspecified atom stereocenters. The van der Waals surface area contributed by atoms with Gasteiger partial charge in [0.25, 0.3) is 0 Å². The van der Waals surface area contributed by atoms with Gasteiger partial charge in [0.2, 0.25) is 5.95 Å². The molecule has 1 aromatic heterocycles. The van der Waals surface area contributed by atoms with Crippen molar-refractivity contribution in [3.8, 4) is 0 Å². The molecule has 0 radical (unpaired) electrons. The molecule has 0 bridgehead atoms. The number of aromatic nitrogens is 2. The molecule has 0 amide bonds. The van der Waals surface area contributed by atoms with Crippen LogP contribution < -0.4 is 4.90 Å². The highest BCUT2D eigenvalue weighted by molar-refractivity contribution is 5.41. The van der Waals surface area contributed by atoms with Crippen LogP contribution in [0.1, 0.15) is 17.5 Å². The van der Waals surface area contributed by atoms with E-state index in [1.165, 1.54) is 11.1 Å². The van der Waals surface area contributed by atoms with Gasteiger partial charge in [0, 0.05) is 18.9 Å². The van der Waals surface area contributed by atoms with E-state index in [4.69, 9.17) is 4.74 Å². The van der Waals surface area contributed by atoms with Crippen molar-refractivity contribution in [2.24, 2.45) is 0 Å². The Bertz CT molecular complexity index is 612. The summed E-state index contributed by atoms with van der Waals surface area (Å²) in [5.74, 6) is 0.805. The monoisotopic (exact) mass is 267 g/mol. The first-order valence-corrected chi connectivity index (χ1v) is 7.12. The third-order valence-corrected chi connectivity index (χ3v) is 4.33. The number of hydrogen-bond acceptors (Lipinski definition) is 4. The van der Waals surface area contributed by atoms with E-state index in [0.717, 1.165) is 38.5 Å². The predicted molar refractivity (Wildman–Crippen MR) is 76.6 cm³/mol. The minimum atomic E-state index is -0.173. The van der Waals surface area contributed by atoms with Gasteiger partial charge in [0.05, 0.1) is 13.2 Å². The molecule has 1 spiro atoms. The molecule has 2 aliphatic rings. The predicted octanol–water partition coefficient (Wildman–Crippen LogP) is 2.15. The van der Waals surface area contributed by atoms with Crippen molar-refractivity contribution in [1.82, 2.24) is 9.97 Å². The van der Waals surface area contributed by atoms with Crippen LogP contribution in [0, 0.1) is 0 Å². The summed E-state index contributed by atoms with van der Waals surface area (Å²) in [5.41, 5.74) is 2.59. The number of morpholine rings is 1. The van der Waals surface area contributed by atoms with Crippen LogP contribution in [0.2, 0.25) is 0 Å². The summed E-state index contributed by atoms with van der Waals surface area (Å²) < 4.78 is 6.21. The average Bonchev–Trinajstić information content (AvgIpc) is 2.87. The van der Waals surface area contributed by atoms with Gasteiger partial charge in [-0.3, -0.25) is 0 Å². The van der Waals surface area contributed by atoms with Crippen LogP contribution in [0.25, 0.3) is 0 Å². The summed E-state index contributed by atoms with van der Waals surface area (Å²) in [6.07, 6.45) is 5.75. The zero-order valence-electron chi connectivity index (χ0n) is 11.3. The largest absolute Gasteiger partial charge is 0.367 e. The second kappa shape index (κ2) is 4.56. The molecule has 1 aliphatic heterocycles. The van der Waals surface area contributed by atoms with Crippen molar-refractivity contribution in [3.63, 3.8) is 0 Å². The Morgan fingerprint density at radius 3 is 2.85 bits per heavy atom. The number of rotatable bonds is 1. The van der Waals surface area contributed by atoms with Crippen LogP contribution in [-0.2, 0) is 16.8 Å². The molecule has 4 heteroatoms. The Morgan fingerprint density at radius 2 is 1.95 bits per heavy atom. The van der Waals surface area contributed by atoms with Gasteiger partial charge in [-0.05, 0) is 30.0 Å². The van der Waals surface area contributed by atoms with Gasteiger partial charge in [-0.15, -0.1) is 0 Å². The highest BCUT2D eigenvalue weighted by Gasteiger charge is 2.43. The van der Waals surface area contributed by atoms with Crippen LogP contribution in [0.5, 0.6) is 0 Å². The zero-order valence-corrected chi connectivity index (χ0v) is 11.3. The lowest BCUT2D eigenvalue weighted by molar-refractivity contribution is -0.0596. The van der Waals surface area contributed by atoms with Crippen LogP contribution in [0.3, 0.4) is 0 Å². The van der Waals surface area contributed by atoms with E-state index in [1.54, 1.807) is 12.4 Å². The van der Waals surface area contributed by atoms with Crippen molar-refractivity contribution < 1.29 is 4.74 Å². The smallest absolute Gasteiger partial charge is 0.225 e. The minimum absolute atomic E-state index is 0.173. The molecule has 20 heavy (non-hydrogen) atoms. The Morgan fingerprint density at radius 1 is 1.10 bits per heavy atom. The number of nitrogens with zero attached hydrogens (tertiary/aromatic N) is 3. The van der Waals surface area contributed by atoms with Crippen LogP contribution in [0.4, 0.5) is 5.95 Å². The van der Waals surface area contributed by atoms with E-state index in [-0.39, 0.29) is 5.60 Å². The van der Waals surface area contributed by atoms with Crippen molar-refractivity contribution >= 4 is 5.95 Å². The van der Waals surface area contributed by atoms with E-state index in [9.17, 15) is 0 Å². The van der Waals surface area contributed by atoms with E-state index in [0.29, 0.717) is 0 Å². The molecule has 2 heterocycles. The number of benzene rings is 1. The maximum absolute atomic E-state index is 6.21. The second-order valence-corrected chi connectivity index (χ2v) is 5.47.